The number of nitrogens with zero attached hydrogens (tertiary/aromatic N) is 2. The topological polar surface area (TPSA) is 53.0 Å². The van der Waals surface area contributed by atoms with Crippen molar-refractivity contribution in [1.29, 1.82) is 0 Å². The Morgan fingerprint density at radius 2 is 1.43 bits per heavy atom. The van der Waals surface area contributed by atoms with E-state index in [1.165, 1.54) is 24.0 Å². The van der Waals surface area contributed by atoms with E-state index in [9.17, 15) is 8.76 Å². The molecule has 3 aromatic carbocycles. The van der Waals surface area contributed by atoms with Gasteiger partial charge in [-0.15, -0.1) is 0 Å². The van der Waals surface area contributed by atoms with Gasteiger partial charge in [0, 0.05) is 37.8 Å². The molecule has 0 bridgehead atoms. The molecular weight excluding hydrogens is 480 g/mol. The van der Waals surface area contributed by atoms with Crippen LogP contribution in [0.5, 0.6) is 5.75 Å². The van der Waals surface area contributed by atoms with Crippen LogP contribution in [-0.4, -0.2) is 54.0 Å². The van der Waals surface area contributed by atoms with Crippen LogP contribution in [0.15, 0.2) is 83.8 Å². The van der Waals surface area contributed by atoms with Gasteiger partial charge in [0.2, 0.25) is 0 Å². The summed E-state index contributed by atoms with van der Waals surface area (Å²) in [6.45, 7) is 2.23. The molecule has 3 unspecified atom stereocenters. The lowest BCUT2D eigenvalue weighted by Gasteiger charge is -2.32. The highest BCUT2D eigenvalue weighted by Crippen LogP contribution is 2.36. The highest BCUT2D eigenvalue weighted by atomic mass is 32.2. The number of unbranched alkanes of at least 4 members (excludes halogenated alkanes) is 1. The standard InChI is InChI=1S/C31H42N2O3S/c1-6-7-18-26(32(2)3)19-21-28(36-29-23-27(33(4)5)20-22-30(29)37(34)35)31(24-14-10-8-11-15-24)25-16-12-9-13-17-25/h8-17,20,22-23,26,28,31H,6-7,18-19,21H2,1-5H3,(H,34,35). The van der Waals surface area contributed by atoms with Crippen LogP contribution in [-0.2, 0) is 11.1 Å². The predicted octanol–water partition coefficient (Wildman–Crippen LogP) is 6.81. The summed E-state index contributed by atoms with van der Waals surface area (Å²) in [6.07, 6.45) is 5.05. The quantitative estimate of drug-likeness (QED) is 0.236. The molecule has 6 heteroatoms. The van der Waals surface area contributed by atoms with Crippen molar-refractivity contribution in [3.63, 3.8) is 0 Å². The minimum atomic E-state index is -2.16. The fourth-order valence-electron chi connectivity index (χ4n) is 4.87. The Kier molecular flexibility index (Phi) is 11.2. The van der Waals surface area contributed by atoms with Crippen molar-refractivity contribution >= 4 is 16.8 Å². The van der Waals surface area contributed by atoms with Crippen LogP contribution in [0.25, 0.3) is 0 Å². The zero-order valence-electron chi connectivity index (χ0n) is 22.8. The van der Waals surface area contributed by atoms with Crippen molar-refractivity contribution in [1.82, 2.24) is 4.90 Å². The minimum absolute atomic E-state index is 0.0284. The van der Waals surface area contributed by atoms with Crippen LogP contribution in [0, 0.1) is 0 Å². The van der Waals surface area contributed by atoms with E-state index < -0.39 is 11.1 Å². The van der Waals surface area contributed by atoms with Crippen molar-refractivity contribution < 1.29 is 13.5 Å². The Morgan fingerprint density at radius 3 is 1.92 bits per heavy atom. The molecule has 0 spiro atoms. The largest absolute Gasteiger partial charge is 0.488 e. The summed E-state index contributed by atoms with van der Waals surface area (Å²) in [4.78, 5) is 4.59. The average Bonchev–Trinajstić information content (AvgIpc) is 2.89. The van der Waals surface area contributed by atoms with Crippen LogP contribution in [0.3, 0.4) is 0 Å². The van der Waals surface area contributed by atoms with Gasteiger partial charge in [-0.25, -0.2) is 4.21 Å². The molecule has 3 atom stereocenters. The molecule has 0 saturated carbocycles. The lowest BCUT2D eigenvalue weighted by atomic mass is 9.83. The second-order valence-electron chi connectivity index (χ2n) is 10.1. The molecule has 3 aromatic rings. The van der Waals surface area contributed by atoms with Gasteiger partial charge in [-0.1, -0.05) is 80.4 Å². The van der Waals surface area contributed by atoms with Gasteiger partial charge in [-0.05, 0) is 56.6 Å². The fourth-order valence-corrected chi connectivity index (χ4v) is 5.33. The normalized spacial score (nSPS) is 13.9. The first-order valence-electron chi connectivity index (χ1n) is 13.2. The molecule has 0 aliphatic heterocycles. The second kappa shape index (κ2) is 14.3. The summed E-state index contributed by atoms with van der Waals surface area (Å²) < 4.78 is 29.2. The zero-order valence-corrected chi connectivity index (χ0v) is 23.7. The van der Waals surface area contributed by atoms with Crippen LogP contribution >= 0.6 is 0 Å². The van der Waals surface area contributed by atoms with E-state index in [0.29, 0.717) is 16.7 Å². The summed E-state index contributed by atoms with van der Waals surface area (Å²) in [6, 6.07) is 26.8. The maximum absolute atomic E-state index is 12.3. The lowest BCUT2D eigenvalue weighted by Crippen LogP contribution is -2.33. The Bertz CT molecular complexity index is 1070. The molecule has 0 aliphatic carbocycles. The Labute approximate surface area is 225 Å². The van der Waals surface area contributed by atoms with Crippen molar-refractivity contribution in [2.24, 2.45) is 0 Å². The summed E-state index contributed by atoms with van der Waals surface area (Å²) in [5, 5.41) is 0. The molecule has 0 saturated heterocycles. The van der Waals surface area contributed by atoms with Crippen LogP contribution < -0.4 is 9.64 Å². The second-order valence-corrected chi connectivity index (χ2v) is 11.0. The van der Waals surface area contributed by atoms with Gasteiger partial charge in [-0.2, -0.15) is 0 Å². The number of rotatable bonds is 14. The molecule has 0 amide bonds. The third-order valence-electron chi connectivity index (χ3n) is 7.00. The van der Waals surface area contributed by atoms with E-state index >= 15 is 0 Å². The van der Waals surface area contributed by atoms with E-state index in [1.807, 2.05) is 43.3 Å². The van der Waals surface area contributed by atoms with Gasteiger partial charge < -0.3 is 19.1 Å². The number of hydrogen-bond acceptors (Lipinski definition) is 4. The SMILES string of the molecule is CCCCC(CCC(Oc1cc(N(C)C)ccc1S(=O)O)C(c1ccccc1)c1ccccc1)N(C)C. The molecule has 0 aromatic heterocycles. The molecule has 0 aliphatic rings. The molecule has 0 radical (unpaired) electrons. The zero-order chi connectivity index (χ0) is 26.8. The Hall–Kier alpha value is -2.67. The number of hydrogen-bond donors (Lipinski definition) is 1. The van der Waals surface area contributed by atoms with Gasteiger partial charge in [0.05, 0.1) is 0 Å². The van der Waals surface area contributed by atoms with Crippen LogP contribution in [0.4, 0.5) is 5.69 Å². The molecule has 3 rings (SSSR count). The summed E-state index contributed by atoms with van der Waals surface area (Å²) >= 11 is -2.16. The average molecular weight is 523 g/mol. The van der Waals surface area contributed by atoms with Crippen molar-refractivity contribution in [3.8, 4) is 5.75 Å². The van der Waals surface area contributed by atoms with Gasteiger partial charge in [-0.3, -0.25) is 0 Å². The van der Waals surface area contributed by atoms with E-state index in [-0.39, 0.29) is 12.0 Å². The maximum atomic E-state index is 12.3. The molecule has 0 fully saturated rings. The molecule has 200 valence electrons. The molecule has 1 N–H and O–H groups in total. The fraction of sp³-hybridized carbons (Fsp3) is 0.419. The first-order valence-corrected chi connectivity index (χ1v) is 14.3. The van der Waals surface area contributed by atoms with E-state index in [1.54, 1.807) is 6.07 Å². The van der Waals surface area contributed by atoms with E-state index in [2.05, 4.69) is 74.4 Å². The maximum Gasteiger partial charge on any atom is 0.190 e. The highest BCUT2D eigenvalue weighted by Gasteiger charge is 2.29. The predicted molar refractivity (Wildman–Crippen MR) is 155 cm³/mol. The van der Waals surface area contributed by atoms with E-state index in [0.717, 1.165) is 24.9 Å². The first-order chi connectivity index (χ1) is 17.8. The number of anilines is 1. The van der Waals surface area contributed by atoms with E-state index in [4.69, 9.17) is 4.74 Å². The monoisotopic (exact) mass is 522 g/mol. The number of benzene rings is 3. The van der Waals surface area contributed by atoms with Crippen LogP contribution in [0.2, 0.25) is 0 Å². The summed E-state index contributed by atoms with van der Waals surface area (Å²) in [5.74, 6) is 0.434. The molecule has 0 heterocycles. The summed E-state index contributed by atoms with van der Waals surface area (Å²) in [7, 11) is 8.21. The third-order valence-corrected chi connectivity index (χ3v) is 7.72. The van der Waals surface area contributed by atoms with Gasteiger partial charge >= 0.3 is 0 Å². The molecule has 37 heavy (non-hydrogen) atoms. The summed E-state index contributed by atoms with van der Waals surface area (Å²) in [5.41, 5.74) is 3.27. The van der Waals surface area contributed by atoms with Crippen molar-refractivity contribution in [3.05, 3.63) is 90.0 Å². The van der Waals surface area contributed by atoms with Gasteiger partial charge in [0.15, 0.2) is 11.1 Å². The van der Waals surface area contributed by atoms with Crippen molar-refractivity contribution in [2.45, 2.75) is 62.0 Å². The minimum Gasteiger partial charge on any atom is -0.488 e. The van der Waals surface area contributed by atoms with Crippen molar-refractivity contribution in [2.75, 3.05) is 33.1 Å². The Balaban J connectivity index is 2.07. The highest BCUT2D eigenvalue weighted by molar-refractivity contribution is 7.79. The van der Waals surface area contributed by atoms with Gasteiger partial charge in [0.25, 0.3) is 0 Å². The molecular formula is C31H42N2O3S. The van der Waals surface area contributed by atoms with Crippen LogP contribution in [0.1, 0.15) is 56.1 Å². The lowest BCUT2D eigenvalue weighted by molar-refractivity contribution is 0.146. The number of ether oxygens (including phenoxy) is 1. The first kappa shape index (κ1) is 28.9. The smallest absolute Gasteiger partial charge is 0.190 e. The Morgan fingerprint density at radius 1 is 0.838 bits per heavy atom. The van der Waals surface area contributed by atoms with Gasteiger partial charge in [0.1, 0.15) is 16.7 Å². The third kappa shape index (κ3) is 8.16. The molecule has 5 nitrogen and oxygen atoms in total.